The summed E-state index contributed by atoms with van der Waals surface area (Å²) in [5, 5.41) is 13.5. The zero-order chi connectivity index (χ0) is 18.1. The van der Waals surface area contributed by atoms with E-state index < -0.39 is 4.92 Å². The molecule has 0 unspecified atom stereocenters. The van der Waals surface area contributed by atoms with Crippen molar-refractivity contribution in [1.82, 2.24) is 14.5 Å². The monoisotopic (exact) mass is 368 g/mol. The molecule has 0 atom stereocenters. The molecule has 3 aromatic rings. The summed E-state index contributed by atoms with van der Waals surface area (Å²) in [7, 11) is 0. The molecule has 7 nitrogen and oxygen atoms in total. The standard InChI is InChI=1S/C18H16N4O3S/c23-18(21(14-4-5-14)11-15-2-1-9-26-15)13-3-6-16(17(10-13)22(24)25)20-8-7-19-12-20/h1-3,6-10,12,14H,4-5,11H2. The van der Waals surface area contributed by atoms with Crippen molar-refractivity contribution in [2.24, 2.45) is 0 Å². The molecule has 1 fully saturated rings. The maximum absolute atomic E-state index is 13.0. The lowest BCUT2D eigenvalue weighted by atomic mass is 10.1. The number of carbonyl (C=O) groups is 1. The zero-order valence-corrected chi connectivity index (χ0v) is 14.6. The van der Waals surface area contributed by atoms with Gasteiger partial charge in [-0.2, -0.15) is 0 Å². The minimum Gasteiger partial charge on any atom is -0.331 e. The number of hydrogen-bond donors (Lipinski definition) is 0. The molecule has 1 aliphatic carbocycles. The molecule has 0 radical (unpaired) electrons. The summed E-state index contributed by atoms with van der Waals surface area (Å²) in [6, 6.07) is 8.79. The van der Waals surface area contributed by atoms with Crippen molar-refractivity contribution in [2.45, 2.75) is 25.4 Å². The van der Waals surface area contributed by atoms with Crippen LogP contribution in [-0.4, -0.2) is 31.3 Å². The van der Waals surface area contributed by atoms with Gasteiger partial charge in [0.25, 0.3) is 11.6 Å². The van der Waals surface area contributed by atoms with Gasteiger partial charge in [-0.3, -0.25) is 14.9 Å². The van der Waals surface area contributed by atoms with Gasteiger partial charge in [0.1, 0.15) is 5.69 Å². The Bertz CT molecular complexity index is 934. The van der Waals surface area contributed by atoms with E-state index in [1.165, 1.54) is 12.4 Å². The lowest BCUT2D eigenvalue weighted by molar-refractivity contribution is -0.384. The molecule has 0 bridgehead atoms. The smallest absolute Gasteiger partial charge is 0.294 e. The first kappa shape index (κ1) is 16.5. The first-order valence-corrected chi connectivity index (χ1v) is 9.11. The van der Waals surface area contributed by atoms with Gasteiger partial charge in [-0.25, -0.2) is 4.98 Å². The maximum Gasteiger partial charge on any atom is 0.294 e. The van der Waals surface area contributed by atoms with Crippen molar-refractivity contribution in [3.8, 4) is 5.69 Å². The molecule has 4 rings (SSSR count). The van der Waals surface area contributed by atoms with Crippen molar-refractivity contribution >= 4 is 22.9 Å². The summed E-state index contributed by atoms with van der Waals surface area (Å²) in [6.07, 6.45) is 6.64. The lowest BCUT2D eigenvalue weighted by Crippen LogP contribution is -2.32. The van der Waals surface area contributed by atoms with Gasteiger partial charge in [0.2, 0.25) is 0 Å². The van der Waals surface area contributed by atoms with Crippen LogP contribution in [0.25, 0.3) is 5.69 Å². The minimum absolute atomic E-state index is 0.110. The molecule has 26 heavy (non-hydrogen) atoms. The number of imidazole rings is 1. The first-order chi connectivity index (χ1) is 12.6. The lowest BCUT2D eigenvalue weighted by Gasteiger charge is -2.22. The topological polar surface area (TPSA) is 81.3 Å². The van der Waals surface area contributed by atoms with E-state index in [-0.39, 0.29) is 17.6 Å². The Kier molecular flexibility index (Phi) is 4.26. The van der Waals surface area contributed by atoms with E-state index in [0.717, 1.165) is 17.7 Å². The molecule has 2 heterocycles. The van der Waals surface area contributed by atoms with E-state index in [1.54, 1.807) is 40.4 Å². The molecule has 0 saturated heterocycles. The van der Waals surface area contributed by atoms with Crippen LogP contribution >= 0.6 is 11.3 Å². The zero-order valence-electron chi connectivity index (χ0n) is 13.8. The van der Waals surface area contributed by atoms with E-state index in [9.17, 15) is 14.9 Å². The van der Waals surface area contributed by atoms with Crippen LogP contribution in [0.2, 0.25) is 0 Å². The highest BCUT2D eigenvalue weighted by molar-refractivity contribution is 7.09. The maximum atomic E-state index is 13.0. The highest BCUT2D eigenvalue weighted by Gasteiger charge is 2.34. The molecule has 0 N–H and O–H groups in total. The predicted molar refractivity (Wildman–Crippen MR) is 97.4 cm³/mol. The van der Waals surface area contributed by atoms with Gasteiger partial charge in [-0.05, 0) is 36.4 Å². The number of nitro benzene ring substituents is 1. The summed E-state index contributed by atoms with van der Waals surface area (Å²) in [4.78, 5) is 30.9. The van der Waals surface area contributed by atoms with Crippen LogP contribution in [0.4, 0.5) is 5.69 Å². The summed E-state index contributed by atoms with van der Waals surface area (Å²) < 4.78 is 1.57. The van der Waals surface area contributed by atoms with Crippen LogP contribution in [-0.2, 0) is 6.54 Å². The van der Waals surface area contributed by atoms with Crippen molar-refractivity contribution in [2.75, 3.05) is 0 Å². The average Bonchev–Trinajstić information content (AvgIpc) is 3.12. The van der Waals surface area contributed by atoms with Crippen molar-refractivity contribution in [3.05, 3.63) is 75.0 Å². The Hall–Kier alpha value is -3.00. The third kappa shape index (κ3) is 3.23. The van der Waals surface area contributed by atoms with Crippen molar-refractivity contribution in [1.29, 1.82) is 0 Å². The molecular weight excluding hydrogens is 352 g/mol. The van der Waals surface area contributed by atoms with Crippen LogP contribution < -0.4 is 0 Å². The van der Waals surface area contributed by atoms with Gasteiger partial charge in [0.15, 0.2) is 0 Å². The Labute approximate surface area is 153 Å². The highest BCUT2D eigenvalue weighted by Crippen LogP contribution is 2.32. The van der Waals surface area contributed by atoms with E-state index in [0.29, 0.717) is 17.8 Å². The first-order valence-electron chi connectivity index (χ1n) is 8.23. The third-order valence-corrected chi connectivity index (χ3v) is 5.22. The fourth-order valence-corrected chi connectivity index (χ4v) is 3.61. The van der Waals surface area contributed by atoms with Gasteiger partial charge < -0.3 is 9.47 Å². The Morgan fingerprint density at radius 2 is 2.23 bits per heavy atom. The Morgan fingerprint density at radius 1 is 1.38 bits per heavy atom. The number of amides is 1. The fraction of sp³-hybridized carbons (Fsp3) is 0.222. The van der Waals surface area contributed by atoms with Crippen LogP contribution in [0.15, 0.2) is 54.4 Å². The van der Waals surface area contributed by atoms with Gasteiger partial charge in [-0.15, -0.1) is 11.3 Å². The van der Waals surface area contributed by atoms with Gasteiger partial charge >= 0.3 is 0 Å². The van der Waals surface area contributed by atoms with Crippen LogP contribution in [0.1, 0.15) is 28.1 Å². The average molecular weight is 368 g/mol. The van der Waals surface area contributed by atoms with E-state index in [2.05, 4.69) is 4.98 Å². The molecule has 1 saturated carbocycles. The number of aromatic nitrogens is 2. The van der Waals surface area contributed by atoms with Crippen LogP contribution in [0.3, 0.4) is 0 Å². The molecule has 0 aliphatic heterocycles. The van der Waals surface area contributed by atoms with Crippen LogP contribution in [0, 0.1) is 10.1 Å². The van der Waals surface area contributed by atoms with Gasteiger partial charge in [-0.1, -0.05) is 6.07 Å². The number of benzene rings is 1. The number of thiophene rings is 1. The van der Waals surface area contributed by atoms with E-state index in [1.807, 2.05) is 22.4 Å². The summed E-state index contributed by atoms with van der Waals surface area (Å²) in [5.74, 6) is -0.166. The fourth-order valence-electron chi connectivity index (χ4n) is 2.91. The summed E-state index contributed by atoms with van der Waals surface area (Å²) >= 11 is 1.61. The number of rotatable bonds is 6. The SMILES string of the molecule is O=C(c1ccc(-n2ccnc2)c([N+](=O)[O-])c1)N(Cc1cccs1)C1CC1. The molecule has 1 amide bonds. The molecule has 1 aliphatic rings. The second-order valence-corrected chi connectivity index (χ2v) is 7.21. The van der Waals surface area contributed by atoms with Crippen molar-refractivity contribution in [3.63, 3.8) is 0 Å². The number of nitrogens with zero attached hydrogens (tertiary/aromatic N) is 4. The molecule has 132 valence electrons. The Morgan fingerprint density at radius 3 is 2.85 bits per heavy atom. The number of carbonyl (C=O) groups excluding carboxylic acids is 1. The largest absolute Gasteiger partial charge is 0.331 e. The Balaban J connectivity index is 1.66. The minimum atomic E-state index is -0.465. The molecule has 2 aromatic heterocycles. The summed E-state index contributed by atoms with van der Waals surface area (Å²) in [5.41, 5.74) is 0.616. The van der Waals surface area contributed by atoms with Crippen LogP contribution in [0.5, 0.6) is 0 Å². The highest BCUT2D eigenvalue weighted by atomic mass is 32.1. The number of nitro groups is 1. The molecular formula is C18H16N4O3S. The quantitative estimate of drug-likeness (QED) is 0.491. The van der Waals surface area contributed by atoms with Crippen molar-refractivity contribution < 1.29 is 9.72 Å². The molecule has 8 heteroatoms. The van der Waals surface area contributed by atoms with E-state index >= 15 is 0 Å². The summed E-state index contributed by atoms with van der Waals surface area (Å²) in [6.45, 7) is 0.540. The molecule has 1 aromatic carbocycles. The van der Waals surface area contributed by atoms with Gasteiger partial charge in [0, 0.05) is 34.9 Å². The third-order valence-electron chi connectivity index (χ3n) is 4.36. The normalized spacial score (nSPS) is 13.5. The van der Waals surface area contributed by atoms with E-state index in [4.69, 9.17) is 0 Å². The second-order valence-electron chi connectivity index (χ2n) is 6.17. The molecule has 0 spiro atoms. The number of hydrogen-bond acceptors (Lipinski definition) is 5. The predicted octanol–water partition coefficient (Wildman–Crippen LogP) is 3.65. The second kappa shape index (κ2) is 6.72. The van der Waals surface area contributed by atoms with Gasteiger partial charge in [0.05, 0.1) is 17.8 Å².